The lowest BCUT2D eigenvalue weighted by atomic mass is 10.0. The zero-order valence-electron chi connectivity index (χ0n) is 24.4. The Bertz CT molecular complexity index is 1770. The van der Waals surface area contributed by atoms with E-state index < -0.39 is 54.2 Å². The Labute approximate surface area is 265 Å². The van der Waals surface area contributed by atoms with E-state index in [4.69, 9.17) is 20.3 Å². The van der Waals surface area contributed by atoms with Crippen LogP contribution in [-0.2, 0) is 25.0 Å². The van der Waals surface area contributed by atoms with Crippen molar-refractivity contribution in [2.75, 3.05) is 26.3 Å². The Kier molecular flexibility index (Phi) is 8.08. The minimum absolute atomic E-state index is 0.0375. The van der Waals surface area contributed by atoms with Gasteiger partial charge in [-0.3, -0.25) is 14.4 Å². The van der Waals surface area contributed by atoms with E-state index in [9.17, 15) is 28.0 Å². The van der Waals surface area contributed by atoms with E-state index in [1.807, 2.05) is 0 Å². The zero-order chi connectivity index (χ0) is 32.8. The second-order valence-electron chi connectivity index (χ2n) is 11.2. The van der Waals surface area contributed by atoms with Crippen LogP contribution in [0.25, 0.3) is 11.1 Å². The number of hydrogen-bond acceptors (Lipinski definition) is 7. The van der Waals surface area contributed by atoms with Crippen molar-refractivity contribution in [3.63, 3.8) is 0 Å². The maximum atomic E-state index is 14.9. The van der Waals surface area contributed by atoms with Gasteiger partial charge >= 0.3 is 6.09 Å². The number of amidine groups is 1. The monoisotopic (exact) mass is 653 g/mol. The Morgan fingerprint density at radius 1 is 1.09 bits per heavy atom. The summed E-state index contributed by atoms with van der Waals surface area (Å²) in [5.74, 6) is -6.22. The number of aliphatic imine (C=N–C) groups is 1. The summed E-state index contributed by atoms with van der Waals surface area (Å²) in [5, 5.41) is 15.9. The van der Waals surface area contributed by atoms with Gasteiger partial charge in [0, 0.05) is 38.9 Å². The van der Waals surface area contributed by atoms with E-state index in [2.05, 4.69) is 15.6 Å². The number of ether oxygens (including phenoxy) is 2. The number of carbonyl (C=O) groups is 4. The lowest BCUT2D eigenvalue weighted by Gasteiger charge is -2.25. The van der Waals surface area contributed by atoms with Crippen molar-refractivity contribution in [3.05, 3.63) is 81.0 Å². The molecular weight excluding hydrogens is 624 g/mol. The summed E-state index contributed by atoms with van der Waals surface area (Å²) >= 11 is 1.25. The number of halogens is 2. The number of thiophene rings is 1. The molecule has 3 aromatic rings. The van der Waals surface area contributed by atoms with Crippen molar-refractivity contribution >= 4 is 41.0 Å². The van der Waals surface area contributed by atoms with Crippen LogP contribution in [0.15, 0.2) is 58.9 Å². The van der Waals surface area contributed by atoms with E-state index >= 15 is 0 Å². The SMILES string of the molecule is C[C@@H](NC(=O)C1CC2(CN1C(=O)CNC(=O)c1ccc3c(c1)-c1ccccc1C3(F)F)OCCO2)c1cc(C(N)=NC(=O)O)cs1. The van der Waals surface area contributed by atoms with E-state index in [0.29, 0.717) is 29.2 Å². The molecule has 2 saturated heterocycles. The number of hydrogen-bond donors (Lipinski definition) is 4. The molecule has 5 N–H and O–H groups in total. The molecular formula is C31H29F2N5O7S. The van der Waals surface area contributed by atoms with Crippen LogP contribution in [0.2, 0.25) is 0 Å². The average molecular weight is 654 g/mol. The number of carboxylic acid groups (broad SMARTS) is 1. The molecule has 1 spiro atoms. The van der Waals surface area contributed by atoms with Crippen molar-refractivity contribution in [3.8, 4) is 11.1 Å². The first-order chi connectivity index (χ1) is 21.9. The largest absolute Gasteiger partial charge is 0.463 e. The van der Waals surface area contributed by atoms with Crippen LogP contribution in [0.1, 0.15) is 51.3 Å². The van der Waals surface area contributed by atoms with Gasteiger partial charge in [-0.1, -0.05) is 30.3 Å². The summed E-state index contributed by atoms with van der Waals surface area (Å²) in [5.41, 5.74) is 6.48. The number of nitrogens with zero attached hydrogens (tertiary/aromatic N) is 2. The molecule has 2 fully saturated rings. The number of rotatable bonds is 7. The summed E-state index contributed by atoms with van der Waals surface area (Å²) in [4.78, 5) is 56.1. The Balaban J connectivity index is 1.14. The molecule has 6 rings (SSSR count). The summed E-state index contributed by atoms with van der Waals surface area (Å²) in [6, 6.07) is 10.1. The topological polar surface area (TPSA) is 173 Å². The maximum absolute atomic E-state index is 14.9. The zero-order valence-corrected chi connectivity index (χ0v) is 25.2. The maximum Gasteiger partial charge on any atom is 0.433 e. The summed E-state index contributed by atoms with van der Waals surface area (Å²) in [6.07, 6.45) is -1.36. The number of likely N-dealkylation sites (tertiary alicyclic amines) is 1. The standard InChI is InChI=1S/C31H29F2N5O7S/c1-16(24-11-18(14-46-24)26(34)37-29(42)43)36-28(41)23-12-30(44-8-9-45-30)15-38(23)25(39)13-35-27(40)17-6-7-22-20(10-17)19-4-2-3-5-21(19)31(22,32)33/h2-7,10-11,14,16,23H,8-9,12-13,15H2,1H3,(H2,34,37)(H,35,40)(H,36,41)(H,42,43)/t16-,23?/m1/s1. The van der Waals surface area contributed by atoms with Gasteiger partial charge in [-0.25, -0.2) is 4.79 Å². The molecule has 12 nitrogen and oxygen atoms in total. The third kappa shape index (κ3) is 5.72. The third-order valence-electron chi connectivity index (χ3n) is 8.22. The van der Waals surface area contributed by atoms with Crippen LogP contribution in [0.4, 0.5) is 13.6 Å². The molecule has 2 aromatic carbocycles. The van der Waals surface area contributed by atoms with Crippen LogP contribution in [-0.4, -0.2) is 77.8 Å². The molecule has 2 aliphatic heterocycles. The fourth-order valence-corrected chi connectivity index (χ4v) is 6.89. The van der Waals surface area contributed by atoms with Gasteiger partial charge in [-0.05, 0) is 36.2 Å². The van der Waals surface area contributed by atoms with Crippen LogP contribution < -0.4 is 16.4 Å². The van der Waals surface area contributed by atoms with E-state index in [-0.39, 0.29) is 41.1 Å². The van der Waals surface area contributed by atoms with Crippen molar-refractivity contribution in [2.24, 2.45) is 10.7 Å². The third-order valence-corrected chi connectivity index (χ3v) is 9.34. The number of fused-ring (bicyclic) bond motifs is 3. The molecule has 4 amide bonds. The fraction of sp³-hybridized carbons (Fsp3) is 0.323. The highest BCUT2D eigenvalue weighted by molar-refractivity contribution is 7.10. The average Bonchev–Trinajstić information content (AvgIpc) is 3.82. The van der Waals surface area contributed by atoms with Crippen molar-refractivity contribution in [1.29, 1.82) is 0 Å². The molecule has 0 saturated carbocycles. The first kappa shape index (κ1) is 31.3. The van der Waals surface area contributed by atoms with Gasteiger partial charge in [0.05, 0.1) is 32.3 Å². The molecule has 3 aliphatic rings. The normalized spacial score (nSPS) is 19.8. The van der Waals surface area contributed by atoms with E-state index in [1.165, 1.54) is 46.6 Å². The number of nitrogens with one attached hydrogen (secondary N) is 2. The summed E-state index contributed by atoms with van der Waals surface area (Å²) in [7, 11) is 0. The number of carbonyl (C=O) groups excluding carboxylic acids is 3. The van der Waals surface area contributed by atoms with Gasteiger partial charge in [0.1, 0.15) is 11.9 Å². The van der Waals surface area contributed by atoms with Crippen molar-refractivity contribution < 1.29 is 42.5 Å². The summed E-state index contributed by atoms with van der Waals surface area (Å²) in [6.45, 7) is 1.81. The molecule has 3 heterocycles. The number of amides is 4. The first-order valence-electron chi connectivity index (χ1n) is 14.3. The highest BCUT2D eigenvalue weighted by Gasteiger charge is 2.52. The molecule has 2 atom stereocenters. The van der Waals surface area contributed by atoms with Crippen LogP contribution in [0, 0.1) is 0 Å². The Hall–Kier alpha value is -4.73. The molecule has 0 radical (unpaired) electrons. The molecule has 15 heteroatoms. The highest BCUT2D eigenvalue weighted by atomic mass is 32.1. The van der Waals surface area contributed by atoms with Crippen molar-refractivity contribution in [1.82, 2.24) is 15.5 Å². The van der Waals surface area contributed by atoms with Crippen LogP contribution >= 0.6 is 11.3 Å². The Morgan fingerprint density at radius 2 is 1.80 bits per heavy atom. The predicted molar refractivity (Wildman–Crippen MR) is 162 cm³/mol. The summed E-state index contributed by atoms with van der Waals surface area (Å²) < 4.78 is 41.4. The molecule has 46 heavy (non-hydrogen) atoms. The lowest BCUT2D eigenvalue weighted by molar-refractivity contribution is -0.152. The number of alkyl halides is 2. The smallest absolute Gasteiger partial charge is 0.433 e. The Morgan fingerprint density at radius 3 is 2.54 bits per heavy atom. The lowest BCUT2D eigenvalue weighted by Crippen LogP contribution is -2.49. The van der Waals surface area contributed by atoms with E-state index in [0.717, 1.165) is 0 Å². The van der Waals surface area contributed by atoms with Gasteiger partial charge in [0.25, 0.3) is 11.8 Å². The van der Waals surface area contributed by atoms with Crippen LogP contribution in [0.5, 0.6) is 0 Å². The molecule has 0 bridgehead atoms. The van der Waals surface area contributed by atoms with Gasteiger partial charge in [0.2, 0.25) is 11.8 Å². The predicted octanol–water partition coefficient (Wildman–Crippen LogP) is 3.20. The number of nitrogens with two attached hydrogens (primary N) is 1. The second-order valence-corrected chi connectivity index (χ2v) is 12.1. The highest BCUT2D eigenvalue weighted by Crippen LogP contribution is 2.51. The van der Waals surface area contributed by atoms with Gasteiger partial charge in [-0.2, -0.15) is 13.8 Å². The van der Waals surface area contributed by atoms with Gasteiger partial charge in [-0.15, -0.1) is 11.3 Å². The molecule has 1 aromatic heterocycles. The molecule has 1 aliphatic carbocycles. The van der Waals surface area contributed by atoms with Gasteiger partial charge < -0.3 is 35.8 Å². The molecule has 240 valence electrons. The van der Waals surface area contributed by atoms with E-state index in [1.54, 1.807) is 30.5 Å². The molecule has 1 unspecified atom stereocenters. The second kappa shape index (κ2) is 11.9. The first-order valence-corrected chi connectivity index (χ1v) is 15.2. The fourth-order valence-electron chi connectivity index (χ4n) is 5.98. The van der Waals surface area contributed by atoms with Gasteiger partial charge in [0.15, 0.2) is 5.79 Å². The van der Waals surface area contributed by atoms with Crippen LogP contribution in [0.3, 0.4) is 0 Å². The number of benzene rings is 2. The minimum Gasteiger partial charge on any atom is -0.463 e. The minimum atomic E-state index is -3.19. The van der Waals surface area contributed by atoms with Crippen molar-refractivity contribution in [2.45, 2.75) is 37.1 Å². The quantitative estimate of drug-likeness (QED) is 0.222.